The molecule has 1 heterocycles. The van der Waals surface area contributed by atoms with E-state index in [2.05, 4.69) is 17.2 Å². The van der Waals surface area contributed by atoms with Gasteiger partial charge in [-0.1, -0.05) is 24.0 Å². The molecule has 0 spiro atoms. The van der Waals surface area contributed by atoms with Crippen molar-refractivity contribution in [3.63, 3.8) is 0 Å². The van der Waals surface area contributed by atoms with Crippen LogP contribution in [0.4, 0.5) is 0 Å². The van der Waals surface area contributed by atoms with Gasteiger partial charge in [0.15, 0.2) is 0 Å². The lowest BCUT2D eigenvalue weighted by Crippen LogP contribution is -2.58. The number of ether oxygens (including phenoxy) is 1. The summed E-state index contributed by atoms with van der Waals surface area (Å²) in [4.78, 5) is 22.4. The first-order valence-electron chi connectivity index (χ1n) is 8.63. The van der Waals surface area contributed by atoms with Gasteiger partial charge in [-0.2, -0.15) is 0 Å². The number of carboxylic acid groups (broad SMARTS) is 1. The lowest BCUT2D eigenvalue weighted by Gasteiger charge is -2.37. The van der Waals surface area contributed by atoms with E-state index in [1.807, 2.05) is 0 Å². The SMILES string of the molecule is CC(=O)N[C@@H](Cc1cccc(C#C[C@H]2O[C@H](CO)[C@@H](O)[C@H](O)[C@@H]2O)c1)C(=O)O. The summed E-state index contributed by atoms with van der Waals surface area (Å²) >= 11 is 0. The van der Waals surface area contributed by atoms with Crippen LogP contribution < -0.4 is 5.32 Å². The van der Waals surface area contributed by atoms with Gasteiger partial charge in [-0.15, -0.1) is 0 Å². The molecule has 0 unspecified atom stereocenters. The van der Waals surface area contributed by atoms with E-state index < -0.39 is 55.0 Å². The van der Waals surface area contributed by atoms with Crippen LogP contribution >= 0.6 is 0 Å². The largest absolute Gasteiger partial charge is 0.480 e. The molecule has 9 nitrogen and oxygen atoms in total. The predicted molar refractivity (Wildman–Crippen MR) is 96.0 cm³/mol. The first kappa shape index (κ1) is 21.8. The highest BCUT2D eigenvalue weighted by Crippen LogP contribution is 2.20. The van der Waals surface area contributed by atoms with Crippen molar-refractivity contribution < 1.29 is 39.9 Å². The standard InChI is InChI=1S/C19H23NO8/c1-10(22)20-13(19(26)27)8-12-4-2-3-11(7-12)5-6-14-16(23)18(25)17(24)15(9-21)28-14/h2-4,7,13-18,21,23-25H,8-9H2,1H3,(H,20,22)(H,26,27)/t13-,14+,15+,16+,17+,18+/m0/s1. The van der Waals surface area contributed by atoms with Crippen LogP contribution in [0.25, 0.3) is 0 Å². The minimum atomic E-state index is -1.51. The average Bonchev–Trinajstić information content (AvgIpc) is 2.65. The maximum Gasteiger partial charge on any atom is 0.326 e. The van der Waals surface area contributed by atoms with Gasteiger partial charge in [0.05, 0.1) is 6.61 Å². The van der Waals surface area contributed by atoms with Gasteiger partial charge in [0, 0.05) is 18.9 Å². The Hall–Kier alpha value is -2.48. The molecule has 0 aromatic heterocycles. The molecule has 152 valence electrons. The molecule has 6 N–H and O–H groups in total. The van der Waals surface area contributed by atoms with Gasteiger partial charge in [0.2, 0.25) is 5.91 Å². The zero-order valence-electron chi connectivity index (χ0n) is 15.1. The third-order valence-electron chi connectivity index (χ3n) is 4.29. The molecule has 0 bridgehead atoms. The smallest absolute Gasteiger partial charge is 0.326 e. The predicted octanol–water partition coefficient (Wildman–Crippen LogP) is -1.99. The second kappa shape index (κ2) is 9.64. The number of benzene rings is 1. The summed E-state index contributed by atoms with van der Waals surface area (Å²) in [6.07, 6.45) is -6.52. The van der Waals surface area contributed by atoms with Crippen LogP contribution in [-0.2, 0) is 20.7 Å². The minimum absolute atomic E-state index is 0.0600. The quantitative estimate of drug-likeness (QED) is 0.314. The van der Waals surface area contributed by atoms with E-state index in [1.54, 1.807) is 24.3 Å². The molecule has 1 amide bonds. The Bertz CT molecular complexity index is 769. The molecule has 0 radical (unpaired) electrons. The summed E-state index contributed by atoms with van der Waals surface area (Å²) in [7, 11) is 0. The van der Waals surface area contributed by atoms with Crippen molar-refractivity contribution in [3.05, 3.63) is 35.4 Å². The minimum Gasteiger partial charge on any atom is -0.480 e. The molecule has 0 saturated carbocycles. The Balaban J connectivity index is 2.15. The van der Waals surface area contributed by atoms with Crippen molar-refractivity contribution in [1.82, 2.24) is 5.32 Å². The normalized spacial score (nSPS) is 28.0. The monoisotopic (exact) mass is 393 g/mol. The second-order valence-corrected chi connectivity index (χ2v) is 6.51. The summed E-state index contributed by atoms with van der Waals surface area (Å²) in [5.74, 6) is 3.80. The second-order valence-electron chi connectivity index (χ2n) is 6.51. The van der Waals surface area contributed by atoms with Crippen molar-refractivity contribution >= 4 is 11.9 Å². The third-order valence-corrected chi connectivity index (χ3v) is 4.29. The number of aliphatic carboxylic acids is 1. The number of aliphatic hydroxyl groups excluding tert-OH is 4. The van der Waals surface area contributed by atoms with Gasteiger partial charge in [0.25, 0.3) is 0 Å². The molecule has 2 rings (SSSR count). The van der Waals surface area contributed by atoms with E-state index in [9.17, 15) is 35.1 Å². The molecule has 1 aliphatic heterocycles. The third kappa shape index (κ3) is 5.51. The van der Waals surface area contributed by atoms with E-state index in [0.29, 0.717) is 11.1 Å². The highest BCUT2D eigenvalue weighted by Gasteiger charge is 2.42. The number of carbonyl (C=O) groups is 2. The Morgan fingerprint density at radius 2 is 1.93 bits per heavy atom. The van der Waals surface area contributed by atoms with E-state index in [4.69, 9.17) is 4.74 Å². The molecule has 0 aliphatic carbocycles. The first-order chi connectivity index (χ1) is 13.2. The maximum absolute atomic E-state index is 11.3. The Morgan fingerprint density at radius 1 is 1.21 bits per heavy atom. The van der Waals surface area contributed by atoms with Crippen molar-refractivity contribution in [2.24, 2.45) is 0 Å². The number of amides is 1. The van der Waals surface area contributed by atoms with E-state index >= 15 is 0 Å². The van der Waals surface area contributed by atoms with Crippen molar-refractivity contribution in [2.75, 3.05) is 6.61 Å². The molecule has 1 aliphatic rings. The van der Waals surface area contributed by atoms with Crippen LogP contribution in [0.1, 0.15) is 18.1 Å². The molecule has 1 fully saturated rings. The number of hydrogen-bond acceptors (Lipinski definition) is 7. The van der Waals surface area contributed by atoms with Gasteiger partial charge in [-0.25, -0.2) is 4.79 Å². The van der Waals surface area contributed by atoms with Crippen LogP contribution in [0.2, 0.25) is 0 Å². The summed E-state index contributed by atoms with van der Waals surface area (Å²) in [6.45, 7) is 0.691. The average molecular weight is 393 g/mol. The summed E-state index contributed by atoms with van der Waals surface area (Å²) in [5.41, 5.74) is 1.13. The van der Waals surface area contributed by atoms with Crippen molar-refractivity contribution in [1.29, 1.82) is 0 Å². The number of hydrogen-bond donors (Lipinski definition) is 6. The number of carboxylic acids is 1. The summed E-state index contributed by atoms with van der Waals surface area (Å²) < 4.78 is 5.31. The summed E-state index contributed by atoms with van der Waals surface area (Å²) in [6, 6.07) is 5.57. The fourth-order valence-corrected chi connectivity index (χ4v) is 2.83. The number of rotatable bonds is 5. The molecular formula is C19H23NO8. The Labute approximate surface area is 161 Å². The summed E-state index contributed by atoms with van der Waals surface area (Å²) in [5, 5.41) is 50.3. The van der Waals surface area contributed by atoms with E-state index in [1.165, 1.54) is 6.92 Å². The maximum atomic E-state index is 11.3. The van der Waals surface area contributed by atoms with E-state index in [0.717, 1.165) is 0 Å². The number of nitrogens with one attached hydrogen (secondary N) is 1. The lowest BCUT2D eigenvalue weighted by molar-refractivity contribution is -0.214. The molecule has 9 heteroatoms. The fourth-order valence-electron chi connectivity index (χ4n) is 2.83. The van der Waals surface area contributed by atoms with Gasteiger partial charge < -0.3 is 35.6 Å². The van der Waals surface area contributed by atoms with Crippen LogP contribution in [-0.4, -0.2) is 80.6 Å². The van der Waals surface area contributed by atoms with Crippen molar-refractivity contribution in [3.8, 4) is 11.8 Å². The van der Waals surface area contributed by atoms with Gasteiger partial charge in [-0.05, 0) is 17.7 Å². The highest BCUT2D eigenvalue weighted by atomic mass is 16.5. The zero-order chi connectivity index (χ0) is 20.8. The topological polar surface area (TPSA) is 157 Å². The van der Waals surface area contributed by atoms with Gasteiger partial charge >= 0.3 is 5.97 Å². The number of aliphatic hydroxyl groups is 4. The van der Waals surface area contributed by atoms with Gasteiger partial charge in [-0.3, -0.25) is 4.79 Å². The zero-order valence-corrected chi connectivity index (χ0v) is 15.1. The highest BCUT2D eigenvalue weighted by molar-refractivity contribution is 5.82. The molecule has 28 heavy (non-hydrogen) atoms. The van der Waals surface area contributed by atoms with Gasteiger partial charge in [0.1, 0.15) is 36.6 Å². The molecule has 1 aromatic rings. The fraction of sp³-hybridized carbons (Fsp3) is 0.474. The Morgan fingerprint density at radius 3 is 2.54 bits per heavy atom. The lowest BCUT2D eigenvalue weighted by atomic mass is 9.95. The molecule has 1 aromatic carbocycles. The van der Waals surface area contributed by atoms with Crippen LogP contribution in [0, 0.1) is 11.8 Å². The van der Waals surface area contributed by atoms with Crippen LogP contribution in [0.15, 0.2) is 24.3 Å². The van der Waals surface area contributed by atoms with Crippen LogP contribution in [0.3, 0.4) is 0 Å². The number of carbonyl (C=O) groups excluding carboxylic acids is 1. The van der Waals surface area contributed by atoms with Crippen LogP contribution in [0.5, 0.6) is 0 Å². The Kier molecular flexibility index (Phi) is 7.51. The first-order valence-corrected chi connectivity index (χ1v) is 8.63. The molecular weight excluding hydrogens is 370 g/mol. The molecule has 1 saturated heterocycles. The molecule has 6 atom stereocenters. The van der Waals surface area contributed by atoms with Crippen molar-refractivity contribution in [2.45, 2.75) is 49.9 Å². The van der Waals surface area contributed by atoms with E-state index in [-0.39, 0.29) is 6.42 Å².